The van der Waals surface area contributed by atoms with Gasteiger partial charge in [0.05, 0.1) is 6.10 Å². The molecule has 3 unspecified atom stereocenters. The second-order valence-electron chi connectivity index (χ2n) is 6.49. The Balaban J connectivity index is 1.47. The van der Waals surface area contributed by atoms with E-state index < -0.39 is 0 Å². The Labute approximate surface area is 105 Å². The fraction of sp³-hybridized carbons (Fsp3) is 1.00. The van der Waals surface area contributed by atoms with Gasteiger partial charge in [-0.1, -0.05) is 6.92 Å². The monoisotopic (exact) mass is 238 g/mol. The van der Waals surface area contributed by atoms with E-state index in [-0.39, 0.29) is 6.10 Å². The minimum absolute atomic E-state index is 0.0244. The lowest BCUT2D eigenvalue weighted by Crippen LogP contribution is -2.47. The number of piperidine rings is 1. The number of rotatable bonds is 5. The maximum atomic E-state index is 9.79. The van der Waals surface area contributed by atoms with Gasteiger partial charge < -0.3 is 10.4 Å². The molecule has 3 heteroatoms. The standard InChI is InChI=1S/C14H26N2O/c1-10(8-15-11-2-3-11)9-16-12-4-5-13(16)7-14(17)6-12/h10-15,17H,2-9H2,1H3. The van der Waals surface area contributed by atoms with E-state index in [1.54, 1.807) is 0 Å². The fourth-order valence-corrected chi connectivity index (χ4v) is 3.62. The Morgan fingerprint density at radius 2 is 1.82 bits per heavy atom. The molecule has 0 radical (unpaired) electrons. The summed E-state index contributed by atoms with van der Waals surface area (Å²) in [7, 11) is 0. The van der Waals surface area contributed by atoms with Gasteiger partial charge in [0.2, 0.25) is 0 Å². The third-order valence-corrected chi connectivity index (χ3v) is 4.71. The zero-order chi connectivity index (χ0) is 11.8. The minimum Gasteiger partial charge on any atom is -0.393 e. The van der Waals surface area contributed by atoms with Crippen LogP contribution >= 0.6 is 0 Å². The van der Waals surface area contributed by atoms with E-state index in [0.29, 0.717) is 12.1 Å². The van der Waals surface area contributed by atoms with E-state index in [1.165, 1.54) is 38.8 Å². The van der Waals surface area contributed by atoms with Gasteiger partial charge >= 0.3 is 0 Å². The smallest absolute Gasteiger partial charge is 0.0570 e. The van der Waals surface area contributed by atoms with Crippen LogP contribution in [-0.2, 0) is 0 Å². The largest absolute Gasteiger partial charge is 0.393 e. The number of hydrogen-bond donors (Lipinski definition) is 2. The number of nitrogens with one attached hydrogen (secondary N) is 1. The van der Waals surface area contributed by atoms with E-state index >= 15 is 0 Å². The summed E-state index contributed by atoms with van der Waals surface area (Å²) in [6.45, 7) is 4.75. The molecule has 98 valence electrons. The normalized spacial score (nSPS) is 39.5. The van der Waals surface area contributed by atoms with Crippen LogP contribution in [-0.4, -0.2) is 47.3 Å². The molecule has 2 saturated heterocycles. The molecule has 3 nitrogen and oxygen atoms in total. The van der Waals surface area contributed by atoms with Gasteiger partial charge in [-0.25, -0.2) is 0 Å². The molecule has 0 amide bonds. The van der Waals surface area contributed by atoms with Crippen molar-refractivity contribution in [1.82, 2.24) is 10.2 Å². The molecule has 2 heterocycles. The lowest BCUT2D eigenvalue weighted by Gasteiger charge is -2.38. The highest BCUT2D eigenvalue weighted by Crippen LogP contribution is 2.36. The molecule has 17 heavy (non-hydrogen) atoms. The van der Waals surface area contributed by atoms with Crippen LogP contribution in [0.15, 0.2) is 0 Å². The Morgan fingerprint density at radius 1 is 1.18 bits per heavy atom. The predicted molar refractivity (Wildman–Crippen MR) is 68.9 cm³/mol. The Hall–Kier alpha value is -0.120. The van der Waals surface area contributed by atoms with E-state index in [0.717, 1.165) is 24.8 Å². The van der Waals surface area contributed by atoms with Crippen molar-refractivity contribution in [3.63, 3.8) is 0 Å². The molecular weight excluding hydrogens is 212 g/mol. The zero-order valence-electron chi connectivity index (χ0n) is 10.9. The van der Waals surface area contributed by atoms with Crippen LogP contribution in [0.4, 0.5) is 0 Å². The molecule has 1 saturated carbocycles. The van der Waals surface area contributed by atoms with Crippen molar-refractivity contribution >= 4 is 0 Å². The Kier molecular flexibility index (Phi) is 3.42. The first-order valence-electron chi connectivity index (χ1n) is 7.39. The summed E-state index contributed by atoms with van der Waals surface area (Å²) >= 11 is 0. The van der Waals surface area contributed by atoms with E-state index in [2.05, 4.69) is 17.1 Å². The van der Waals surface area contributed by atoms with Crippen molar-refractivity contribution in [3.05, 3.63) is 0 Å². The van der Waals surface area contributed by atoms with Crippen molar-refractivity contribution in [3.8, 4) is 0 Å². The van der Waals surface area contributed by atoms with Crippen molar-refractivity contribution < 1.29 is 5.11 Å². The van der Waals surface area contributed by atoms with E-state index in [1.807, 2.05) is 0 Å². The van der Waals surface area contributed by atoms with Crippen LogP contribution < -0.4 is 5.32 Å². The van der Waals surface area contributed by atoms with Crippen molar-refractivity contribution in [1.29, 1.82) is 0 Å². The summed E-state index contributed by atoms with van der Waals surface area (Å²) in [6, 6.07) is 2.18. The quantitative estimate of drug-likeness (QED) is 0.759. The highest BCUT2D eigenvalue weighted by Gasteiger charge is 2.40. The third kappa shape index (κ3) is 2.83. The third-order valence-electron chi connectivity index (χ3n) is 4.71. The molecule has 1 aliphatic carbocycles. The van der Waals surface area contributed by atoms with Crippen LogP contribution in [0.3, 0.4) is 0 Å². The van der Waals surface area contributed by atoms with Gasteiger partial charge in [-0.3, -0.25) is 4.90 Å². The summed E-state index contributed by atoms with van der Waals surface area (Å²) < 4.78 is 0. The van der Waals surface area contributed by atoms with Gasteiger partial charge in [0.25, 0.3) is 0 Å². The van der Waals surface area contributed by atoms with Gasteiger partial charge in [-0.2, -0.15) is 0 Å². The molecular formula is C14H26N2O. The number of aliphatic hydroxyl groups is 1. The Bertz CT molecular complexity index is 253. The topological polar surface area (TPSA) is 35.5 Å². The van der Waals surface area contributed by atoms with E-state index in [9.17, 15) is 5.11 Å². The van der Waals surface area contributed by atoms with Crippen molar-refractivity contribution in [2.45, 2.75) is 69.7 Å². The number of hydrogen-bond acceptors (Lipinski definition) is 3. The predicted octanol–water partition coefficient (Wildman–Crippen LogP) is 1.36. The van der Waals surface area contributed by atoms with Crippen LogP contribution in [0.1, 0.15) is 45.4 Å². The van der Waals surface area contributed by atoms with Crippen LogP contribution in [0.25, 0.3) is 0 Å². The summed E-state index contributed by atoms with van der Waals surface area (Å²) in [5.41, 5.74) is 0. The molecule has 2 bridgehead atoms. The maximum Gasteiger partial charge on any atom is 0.0570 e. The van der Waals surface area contributed by atoms with Gasteiger partial charge in [0.1, 0.15) is 0 Å². The highest BCUT2D eigenvalue weighted by molar-refractivity contribution is 4.95. The summed E-state index contributed by atoms with van der Waals surface area (Å²) in [6.07, 6.45) is 7.39. The van der Waals surface area contributed by atoms with Crippen LogP contribution in [0.5, 0.6) is 0 Å². The molecule has 3 aliphatic rings. The van der Waals surface area contributed by atoms with Gasteiger partial charge in [-0.05, 0) is 51.0 Å². The molecule has 3 rings (SSSR count). The number of fused-ring (bicyclic) bond motifs is 2. The summed E-state index contributed by atoms with van der Waals surface area (Å²) in [5.74, 6) is 0.744. The minimum atomic E-state index is -0.0244. The van der Waals surface area contributed by atoms with E-state index in [4.69, 9.17) is 0 Å². The first-order valence-corrected chi connectivity index (χ1v) is 7.39. The first kappa shape index (κ1) is 11.9. The van der Waals surface area contributed by atoms with Gasteiger partial charge in [-0.15, -0.1) is 0 Å². The van der Waals surface area contributed by atoms with Gasteiger partial charge in [0.15, 0.2) is 0 Å². The second kappa shape index (κ2) is 4.87. The molecule has 2 aliphatic heterocycles. The second-order valence-corrected chi connectivity index (χ2v) is 6.49. The lowest BCUT2D eigenvalue weighted by atomic mass is 9.98. The van der Waals surface area contributed by atoms with Crippen molar-refractivity contribution in [2.24, 2.45) is 5.92 Å². The molecule has 2 N–H and O–H groups in total. The average Bonchev–Trinajstić information content (AvgIpc) is 3.07. The average molecular weight is 238 g/mol. The summed E-state index contributed by atoms with van der Waals surface area (Å²) in [5, 5.41) is 13.4. The molecule has 3 fully saturated rings. The number of aliphatic hydroxyl groups excluding tert-OH is 1. The molecule has 0 aromatic heterocycles. The summed E-state index contributed by atoms with van der Waals surface area (Å²) in [4.78, 5) is 2.69. The maximum absolute atomic E-state index is 9.79. The van der Waals surface area contributed by atoms with Crippen LogP contribution in [0, 0.1) is 5.92 Å². The fourth-order valence-electron chi connectivity index (χ4n) is 3.62. The SMILES string of the molecule is CC(CNC1CC1)CN1C2CCC1CC(O)C2. The molecule has 3 atom stereocenters. The zero-order valence-corrected chi connectivity index (χ0v) is 10.9. The first-order chi connectivity index (χ1) is 8.22. The molecule has 0 aromatic carbocycles. The number of nitrogens with zero attached hydrogens (tertiary/aromatic N) is 1. The molecule has 0 aromatic rings. The molecule has 0 spiro atoms. The lowest BCUT2D eigenvalue weighted by molar-refractivity contribution is 0.0282. The van der Waals surface area contributed by atoms with Crippen LogP contribution in [0.2, 0.25) is 0 Å². The Morgan fingerprint density at radius 3 is 2.41 bits per heavy atom. The highest BCUT2D eigenvalue weighted by atomic mass is 16.3. The van der Waals surface area contributed by atoms with Gasteiger partial charge in [0, 0.05) is 24.7 Å². The van der Waals surface area contributed by atoms with Crippen molar-refractivity contribution in [2.75, 3.05) is 13.1 Å².